The Bertz CT molecular complexity index is 1330. The predicted molar refractivity (Wildman–Crippen MR) is 186 cm³/mol. The lowest BCUT2D eigenvalue weighted by atomic mass is 10.3. The van der Waals surface area contributed by atoms with E-state index in [2.05, 4.69) is 193 Å². The second kappa shape index (κ2) is 13.4. The van der Waals surface area contributed by atoms with Crippen LogP contribution in [0.5, 0.6) is 0 Å². The van der Waals surface area contributed by atoms with Crippen LogP contribution in [0.3, 0.4) is 0 Å². The van der Waals surface area contributed by atoms with Gasteiger partial charge in [-0.15, -0.1) is 0 Å². The van der Waals surface area contributed by atoms with Crippen LogP contribution < -0.4 is 31.1 Å². The van der Waals surface area contributed by atoms with Crippen LogP contribution in [-0.4, -0.2) is 27.9 Å². The molecular weight excluding hydrogens is 561 g/mol. The summed E-state index contributed by atoms with van der Waals surface area (Å²) in [5, 5.41) is 8.03. The highest BCUT2D eigenvalue weighted by Gasteiger charge is 2.43. The van der Waals surface area contributed by atoms with E-state index < -0.39 is 15.5 Å². The fourth-order valence-corrected chi connectivity index (χ4v) is 17.8. The molecule has 0 aliphatic heterocycles. The van der Waals surface area contributed by atoms with Crippen LogP contribution in [0.15, 0.2) is 182 Å². The maximum Gasteiger partial charge on any atom is 0.288 e. The molecule has 0 saturated carbocycles. The molecule has 0 aliphatic rings. The Morgan fingerprint density at radius 1 is 0.357 bits per heavy atom. The summed E-state index contributed by atoms with van der Waals surface area (Å²) >= 11 is 2.09. The van der Waals surface area contributed by atoms with Gasteiger partial charge >= 0.3 is 0 Å². The summed E-state index contributed by atoms with van der Waals surface area (Å²) in [4.78, 5) is 0. The highest BCUT2D eigenvalue weighted by atomic mass is 32.4. The third-order valence-corrected chi connectivity index (χ3v) is 20.2. The third-order valence-electron chi connectivity index (χ3n) is 7.80. The van der Waals surface area contributed by atoms with Crippen LogP contribution in [0.25, 0.3) is 0 Å². The van der Waals surface area contributed by atoms with Gasteiger partial charge < -0.3 is 4.43 Å². The van der Waals surface area contributed by atoms with Crippen LogP contribution in [0.4, 0.5) is 0 Å². The van der Waals surface area contributed by atoms with E-state index in [0.29, 0.717) is 6.61 Å². The maximum atomic E-state index is 7.33. The summed E-state index contributed by atoms with van der Waals surface area (Å²) < 4.78 is 7.33. The predicted octanol–water partition coefficient (Wildman–Crippen LogP) is 5.07. The summed E-state index contributed by atoms with van der Waals surface area (Å²) in [6.45, 7) is 0.650. The molecule has 0 saturated heterocycles. The van der Waals surface area contributed by atoms with E-state index in [1.807, 2.05) is 0 Å². The van der Waals surface area contributed by atoms with Crippen LogP contribution in [0, 0.1) is 0 Å². The molecule has 0 aliphatic carbocycles. The van der Waals surface area contributed by atoms with Gasteiger partial charge in [0.05, 0.1) is 0 Å². The zero-order valence-electron chi connectivity index (χ0n) is 23.6. The van der Waals surface area contributed by atoms with Crippen molar-refractivity contribution in [3.8, 4) is 0 Å². The van der Waals surface area contributed by atoms with Crippen LogP contribution in [0.1, 0.15) is 0 Å². The summed E-state index contributed by atoms with van der Waals surface area (Å²) in [7, 11) is -5.16. The normalized spacial score (nSPS) is 11.7. The van der Waals surface area contributed by atoms with E-state index in [0.717, 1.165) is 5.75 Å². The van der Waals surface area contributed by atoms with Gasteiger partial charge in [-0.05, 0) is 31.1 Å². The molecule has 1 nitrogen and oxygen atoms in total. The van der Waals surface area contributed by atoms with E-state index >= 15 is 0 Å². The Balaban J connectivity index is 1.41. The lowest BCUT2D eigenvalue weighted by Gasteiger charge is -2.35. The largest absolute Gasteiger partial charge is 0.403 e. The molecule has 0 unspecified atom stereocenters. The van der Waals surface area contributed by atoms with E-state index in [-0.39, 0.29) is 0 Å². The van der Waals surface area contributed by atoms with Crippen molar-refractivity contribution in [2.24, 2.45) is 0 Å². The molecule has 42 heavy (non-hydrogen) atoms. The van der Waals surface area contributed by atoms with Gasteiger partial charge in [-0.25, -0.2) is 0 Å². The molecule has 0 aromatic heterocycles. The fraction of sp³-hybridized carbons (Fsp3) is 0.0526. The Morgan fingerprint density at radius 3 is 0.905 bits per heavy atom. The van der Waals surface area contributed by atoms with Crippen molar-refractivity contribution in [1.82, 2.24) is 0 Å². The molecule has 6 aromatic rings. The number of benzene rings is 6. The van der Waals surface area contributed by atoms with Gasteiger partial charge in [0.2, 0.25) is 7.22 Å². The van der Waals surface area contributed by atoms with Gasteiger partial charge in [0.15, 0.2) is 0 Å². The Morgan fingerprint density at radius 2 is 0.619 bits per heavy atom. The van der Waals surface area contributed by atoms with Gasteiger partial charge in [0.25, 0.3) is 8.32 Å². The van der Waals surface area contributed by atoms with Crippen molar-refractivity contribution in [2.45, 2.75) is 0 Å². The molecule has 206 valence electrons. The fourth-order valence-electron chi connectivity index (χ4n) is 5.93. The molecule has 0 amide bonds. The van der Waals surface area contributed by atoms with E-state index in [4.69, 9.17) is 4.43 Å². The minimum absolute atomic E-state index is 0.650. The van der Waals surface area contributed by atoms with Gasteiger partial charge in [0.1, 0.15) is 0 Å². The minimum atomic E-state index is -2.76. The van der Waals surface area contributed by atoms with Crippen LogP contribution in [0.2, 0.25) is 0 Å². The maximum absolute atomic E-state index is 7.33. The first-order valence-electron chi connectivity index (χ1n) is 14.4. The van der Waals surface area contributed by atoms with Gasteiger partial charge in [-0.2, -0.15) is 11.2 Å². The molecule has 0 radical (unpaired) electrons. The Kier molecular flexibility index (Phi) is 8.97. The molecular formula is C38H34OSSi2. The van der Waals surface area contributed by atoms with Crippen molar-refractivity contribution < 1.29 is 4.43 Å². The highest BCUT2D eigenvalue weighted by Crippen LogP contribution is 2.22. The van der Waals surface area contributed by atoms with Gasteiger partial charge in [0, 0.05) is 12.4 Å². The van der Waals surface area contributed by atoms with Crippen molar-refractivity contribution in [1.29, 1.82) is 0 Å². The smallest absolute Gasteiger partial charge is 0.288 e. The summed E-state index contributed by atoms with van der Waals surface area (Å²) in [6, 6.07) is 65.9. The molecule has 4 heteroatoms. The number of hydrogen-bond donors (Lipinski definition) is 0. The molecule has 0 fully saturated rings. The van der Waals surface area contributed by atoms with Crippen molar-refractivity contribution in [3.63, 3.8) is 0 Å². The first-order valence-corrected chi connectivity index (χ1v) is 20.1. The zero-order valence-corrected chi connectivity index (χ0v) is 26.4. The average Bonchev–Trinajstić information content (AvgIpc) is 3.09. The van der Waals surface area contributed by atoms with Gasteiger partial charge in [-0.1, -0.05) is 182 Å². The van der Waals surface area contributed by atoms with Crippen LogP contribution in [-0.2, 0) is 4.43 Å². The standard InChI is InChI=1S/C38H34OSSi2/c1-7-19-33(20-8-1)41(34-21-9-2-10-22-34,35-23-11-3-12-24-35)39-31-32-40-42(36-25-13-4-14-26-36,37-27-15-5-16-28-37)38-29-17-6-18-30-38/h1-30H,31-32H2. The van der Waals surface area contributed by atoms with Crippen molar-refractivity contribution in [2.75, 3.05) is 12.4 Å². The van der Waals surface area contributed by atoms with Gasteiger partial charge in [-0.3, -0.25) is 0 Å². The third kappa shape index (κ3) is 5.59. The Labute approximate surface area is 255 Å². The Hall–Kier alpha value is -3.94. The van der Waals surface area contributed by atoms with E-state index in [9.17, 15) is 0 Å². The molecule has 0 heterocycles. The summed E-state index contributed by atoms with van der Waals surface area (Å²) in [6.07, 6.45) is 0. The van der Waals surface area contributed by atoms with Crippen molar-refractivity contribution >= 4 is 57.9 Å². The average molecular weight is 595 g/mol. The first kappa shape index (κ1) is 28.2. The second-order valence-corrected chi connectivity index (χ2v) is 20.1. The summed E-state index contributed by atoms with van der Waals surface area (Å²) in [5.41, 5.74) is 0. The second-order valence-electron chi connectivity index (χ2n) is 10.3. The monoisotopic (exact) mass is 594 g/mol. The lowest BCUT2D eigenvalue weighted by molar-refractivity contribution is 0.351. The molecule has 6 rings (SSSR count). The number of hydrogen-bond acceptors (Lipinski definition) is 2. The topological polar surface area (TPSA) is 9.23 Å². The molecule has 0 bridgehead atoms. The van der Waals surface area contributed by atoms with Crippen LogP contribution >= 0.6 is 11.2 Å². The highest BCUT2D eigenvalue weighted by molar-refractivity contribution is 8.33. The quantitative estimate of drug-likeness (QED) is 0.118. The first-order chi connectivity index (χ1) is 20.8. The SMILES string of the molecule is c1ccc([Si](OCCS[Si](c2ccccc2)(c2ccccc2)c2ccccc2)(c2ccccc2)c2ccccc2)cc1. The number of rotatable bonds is 11. The van der Waals surface area contributed by atoms with E-state index in [1.54, 1.807) is 0 Å². The zero-order chi connectivity index (χ0) is 28.5. The van der Waals surface area contributed by atoms with E-state index in [1.165, 1.54) is 31.1 Å². The minimum Gasteiger partial charge on any atom is -0.403 e. The lowest BCUT2D eigenvalue weighted by Crippen LogP contribution is -2.69. The molecule has 0 spiro atoms. The molecule has 6 aromatic carbocycles. The molecule has 0 atom stereocenters. The van der Waals surface area contributed by atoms with Crippen molar-refractivity contribution in [3.05, 3.63) is 182 Å². The molecule has 0 N–H and O–H groups in total. The summed E-state index contributed by atoms with van der Waals surface area (Å²) in [5.74, 6) is 0.881.